The van der Waals surface area contributed by atoms with Crippen LogP contribution in [0.15, 0.2) is 66.9 Å². The fourth-order valence-electron chi connectivity index (χ4n) is 4.28. The van der Waals surface area contributed by atoms with Gasteiger partial charge in [-0.2, -0.15) is 0 Å². The minimum atomic E-state index is 0.0220. The molecule has 0 unspecified atom stereocenters. The average Bonchev–Trinajstić information content (AvgIpc) is 2.78. The third-order valence-electron chi connectivity index (χ3n) is 5.88. The van der Waals surface area contributed by atoms with Gasteiger partial charge in [0.25, 0.3) is 5.91 Å². The molecule has 3 heterocycles. The van der Waals surface area contributed by atoms with Crippen molar-refractivity contribution >= 4 is 11.6 Å². The molecule has 3 aromatic rings. The fraction of sp³-hybridized carbons (Fsp3) is 0.250. The van der Waals surface area contributed by atoms with Crippen molar-refractivity contribution in [2.45, 2.75) is 25.9 Å². The zero-order valence-electron chi connectivity index (χ0n) is 15.8. The van der Waals surface area contributed by atoms with Crippen LogP contribution in [0.2, 0.25) is 0 Å². The third-order valence-corrected chi connectivity index (χ3v) is 5.88. The number of anilines is 1. The zero-order valence-corrected chi connectivity index (χ0v) is 15.8. The maximum Gasteiger partial charge on any atom is 0.272 e. The average molecular weight is 369 g/mol. The van der Waals surface area contributed by atoms with Crippen LogP contribution in [0, 0.1) is 0 Å². The van der Waals surface area contributed by atoms with E-state index in [2.05, 4.69) is 52.3 Å². The van der Waals surface area contributed by atoms with E-state index in [1.165, 1.54) is 22.3 Å². The second kappa shape index (κ2) is 7.12. The van der Waals surface area contributed by atoms with Crippen LogP contribution in [0.1, 0.15) is 32.7 Å². The lowest BCUT2D eigenvalue weighted by molar-refractivity contribution is 0.0729. The summed E-state index contributed by atoms with van der Waals surface area (Å²) in [6.45, 7) is 3.26. The number of aromatic nitrogens is 1. The normalized spacial score (nSPS) is 15.7. The summed E-state index contributed by atoms with van der Waals surface area (Å²) in [6, 6.07) is 21.0. The first kappa shape index (κ1) is 17.0. The van der Waals surface area contributed by atoms with Gasteiger partial charge in [0, 0.05) is 38.1 Å². The first-order chi connectivity index (χ1) is 13.8. The minimum Gasteiger partial charge on any atom is -0.367 e. The summed E-state index contributed by atoms with van der Waals surface area (Å²) >= 11 is 0. The predicted molar refractivity (Wildman–Crippen MR) is 110 cm³/mol. The molecule has 5 rings (SSSR count). The molecule has 1 aromatic heterocycles. The van der Waals surface area contributed by atoms with Gasteiger partial charge in [-0.15, -0.1) is 0 Å². The van der Waals surface area contributed by atoms with Gasteiger partial charge < -0.3 is 9.80 Å². The van der Waals surface area contributed by atoms with E-state index in [1.807, 2.05) is 23.1 Å². The zero-order chi connectivity index (χ0) is 18.9. The van der Waals surface area contributed by atoms with Crippen LogP contribution in [0.25, 0.3) is 0 Å². The molecule has 0 N–H and O–H groups in total. The first-order valence-corrected chi connectivity index (χ1v) is 9.92. The quantitative estimate of drug-likeness (QED) is 0.689. The molecule has 28 heavy (non-hydrogen) atoms. The Bertz CT molecular complexity index is 1030. The van der Waals surface area contributed by atoms with Crippen molar-refractivity contribution in [2.75, 3.05) is 18.0 Å². The molecule has 0 fully saturated rings. The van der Waals surface area contributed by atoms with Crippen LogP contribution in [0.5, 0.6) is 0 Å². The number of amides is 1. The summed E-state index contributed by atoms with van der Waals surface area (Å²) in [5, 5.41) is 0. The monoisotopic (exact) mass is 369 g/mol. The number of pyridine rings is 1. The number of hydrogen-bond acceptors (Lipinski definition) is 3. The molecule has 0 bridgehead atoms. The van der Waals surface area contributed by atoms with Crippen LogP contribution < -0.4 is 4.90 Å². The number of fused-ring (bicyclic) bond motifs is 2. The smallest absolute Gasteiger partial charge is 0.272 e. The predicted octanol–water partition coefficient (Wildman–Crippen LogP) is 3.84. The van der Waals surface area contributed by atoms with E-state index in [1.54, 1.807) is 6.20 Å². The highest BCUT2D eigenvalue weighted by atomic mass is 16.2. The van der Waals surface area contributed by atoms with E-state index in [4.69, 9.17) is 0 Å². The lowest BCUT2D eigenvalue weighted by Crippen LogP contribution is -2.36. The number of rotatable bonds is 2. The molecule has 2 aliphatic heterocycles. The van der Waals surface area contributed by atoms with Gasteiger partial charge in [-0.3, -0.25) is 9.78 Å². The van der Waals surface area contributed by atoms with E-state index in [0.29, 0.717) is 12.2 Å². The van der Waals surface area contributed by atoms with Gasteiger partial charge in [0.2, 0.25) is 0 Å². The Morgan fingerprint density at radius 2 is 1.43 bits per heavy atom. The van der Waals surface area contributed by atoms with E-state index >= 15 is 0 Å². The number of nitrogens with zero attached hydrogens (tertiary/aromatic N) is 3. The molecular formula is C24H23N3O. The summed E-state index contributed by atoms with van der Waals surface area (Å²) in [5.41, 5.74) is 6.99. The number of carbonyl (C=O) groups excluding carboxylic acids is 1. The minimum absolute atomic E-state index is 0.0220. The Kier molecular flexibility index (Phi) is 4.32. The highest BCUT2D eigenvalue weighted by Gasteiger charge is 2.23. The molecule has 0 saturated heterocycles. The summed E-state index contributed by atoms with van der Waals surface area (Å²) in [6.07, 6.45) is 3.70. The Labute approximate surface area is 165 Å². The van der Waals surface area contributed by atoms with Crippen LogP contribution in [-0.2, 0) is 25.9 Å². The Morgan fingerprint density at radius 3 is 2.18 bits per heavy atom. The third kappa shape index (κ3) is 3.15. The standard InChI is InChI=1S/C24H23N3O/c28-24(27-14-11-19-6-2-4-8-21(19)17-27)23-15-22(9-12-25-23)26-13-10-18-5-1-3-7-20(18)16-26/h1-9,12,15H,10-11,13-14,16-17H2. The van der Waals surface area contributed by atoms with Gasteiger partial charge in [-0.05, 0) is 47.2 Å². The van der Waals surface area contributed by atoms with Gasteiger partial charge in [-0.1, -0.05) is 48.5 Å². The molecule has 0 saturated carbocycles. The van der Waals surface area contributed by atoms with Crippen molar-refractivity contribution in [1.29, 1.82) is 0 Å². The molecule has 0 spiro atoms. The topological polar surface area (TPSA) is 36.4 Å². The summed E-state index contributed by atoms with van der Waals surface area (Å²) in [7, 11) is 0. The SMILES string of the molecule is O=C(c1cc(N2CCc3ccccc3C2)ccn1)N1CCc2ccccc2C1. The Morgan fingerprint density at radius 1 is 0.786 bits per heavy atom. The Hall–Kier alpha value is -3.14. The van der Waals surface area contributed by atoms with Gasteiger partial charge in [0.15, 0.2) is 0 Å². The van der Waals surface area contributed by atoms with E-state index in [0.717, 1.165) is 38.2 Å². The van der Waals surface area contributed by atoms with Crippen molar-refractivity contribution in [3.63, 3.8) is 0 Å². The summed E-state index contributed by atoms with van der Waals surface area (Å²) < 4.78 is 0. The van der Waals surface area contributed by atoms with Crippen molar-refractivity contribution in [2.24, 2.45) is 0 Å². The molecule has 4 heteroatoms. The van der Waals surface area contributed by atoms with E-state index in [-0.39, 0.29) is 5.91 Å². The maximum atomic E-state index is 13.1. The molecule has 140 valence electrons. The van der Waals surface area contributed by atoms with Crippen LogP contribution in [0.3, 0.4) is 0 Å². The highest BCUT2D eigenvalue weighted by Crippen LogP contribution is 2.26. The van der Waals surface area contributed by atoms with Crippen molar-refractivity contribution in [1.82, 2.24) is 9.88 Å². The first-order valence-electron chi connectivity index (χ1n) is 9.92. The number of benzene rings is 2. The molecule has 0 atom stereocenters. The van der Waals surface area contributed by atoms with Gasteiger partial charge in [-0.25, -0.2) is 0 Å². The lowest BCUT2D eigenvalue weighted by Gasteiger charge is -2.31. The maximum absolute atomic E-state index is 13.1. The number of hydrogen-bond donors (Lipinski definition) is 0. The molecule has 0 aliphatic carbocycles. The van der Waals surface area contributed by atoms with Crippen molar-refractivity contribution < 1.29 is 4.79 Å². The van der Waals surface area contributed by atoms with Crippen molar-refractivity contribution in [3.05, 3.63) is 94.8 Å². The van der Waals surface area contributed by atoms with Crippen molar-refractivity contribution in [3.8, 4) is 0 Å². The van der Waals surface area contributed by atoms with E-state index < -0.39 is 0 Å². The van der Waals surface area contributed by atoms with Crippen LogP contribution in [0.4, 0.5) is 5.69 Å². The highest BCUT2D eigenvalue weighted by molar-refractivity contribution is 5.93. The van der Waals surface area contributed by atoms with Gasteiger partial charge in [0.1, 0.15) is 5.69 Å². The lowest BCUT2D eigenvalue weighted by atomic mass is 9.99. The fourth-order valence-corrected chi connectivity index (χ4v) is 4.28. The van der Waals surface area contributed by atoms with Crippen LogP contribution in [-0.4, -0.2) is 28.9 Å². The molecule has 1 amide bonds. The molecule has 2 aromatic carbocycles. The number of carbonyl (C=O) groups is 1. The van der Waals surface area contributed by atoms with Gasteiger partial charge in [0.05, 0.1) is 0 Å². The molecule has 4 nitrogen and oxygen atoms in total. The second-order valence-electron chi connectivity index (χ2n) is 7.58. The van der Waals surface area contributed by atoms with E-state index in [9.17, 15) is 4.79 Å². The van der Waals surface area contributed by atoms with Gasteiger partial charge >= 0.3 is 0 Å². The summed E-state index contributed by atoms with van der Waals surface area (Å²) in [4.78, 5) is 21.7. The van der Waals surface area contributed by atoms with Crippen LogP contribution >= 0.6 is 0 Å². The second-order valence-corrected chi connectivity index (χ2v) is 7.58. The molecule has 2 aliphatic rings. The molecular weight excluding hydrogens is 346 g/mol. The largest absolute Gasteiger partial charge is 0.367 e. The molecule has 0 radical (unpaired) electrons. The summed E-state index contributed by atoms with van der Waals surface area (Å²) in [5.74, 6) is 0.0220. The Balaban J connectivity index is 1.36.